The minimum atomic E-state index is -1.10. The fourth-order valence-corrected chi connectivity index (χ4v) is 3.92. The highest BCUT2D eigenvalue weighted by Gasteiger charge is 2.35. The van der Waals surface area contributed by atoms with Crippen molar-refractivity contribution in [1.29, 1.82) is 0 Å². The number of para-hydroxylation sites is 1. The van der Waals surface area contributed by atoms with E-state index < -0.39 is 5.97 Å². The van der Waals surface area contributed by atoms with Crippen LogP contribution in [0.5, 0.6) is 0 Å². The lowest BCUT2D eigenvalue weighted by molar-refractivity contribution is -0.113. The Hall–Kier alpha value is -2.70. The first-order valence-corrected chi connectivity index (χ1v) is 9.03. The maximum Gasteiger partial charge on any atom is 0.337 e. The predicted molar refractivity (Wildman–Crippen MR) is 109 cm³/mol. The molecule has 0 aliphatic carbocycles. The molecule has 1 aliphatic heterocycles. The summed E-state index contributed by atoms with van der Waals surface area (Å²) in [5, 5.41) is 9.36. The van der Waals surface area contributed by atoms with Crippen LogP contribution in [-0.2, 0) is 4.79 Å². The number of rotatable bonds is 4. The molecule has 1 heterocycles. The largest absolute Gasteiger partial charge is 0.478 e. The predicted octanol–water partition coefficient (Wildman–Crippen LogP) is 4.74. The number of allylic oxidation sites excluding steroid dienone is 2. The summed E-state index contributed by atoms with van der Waals surface area (Å²) in [5.74, 6) is -1.41. The van der Waals surface area contributed by atoms with Gasteiger partial charge in [-0.1, -0.05) is 72.5 Å². The van der Waals surface area contributed by atoms with Crippen molar-refractivity contribution in [2.24, 2.45) is 0 Å². The number of hydrogen-bond donors (Lipinski definition) is 1. The number of nitrogens with zero attached hydrogens (tertiary/aromatic N) is 1. The van der Waals surface area contributed by atoms with Crippen molar-refractivity contribution in [3.63, 3.8) is 0 Å². The first-order chi connectivity index (χ1) is 12.5. The maximum atomic E-state index is 12.8. The summed E-state index contributed by atoms with van der Waals surface area (Å²) in [7, 11) is 0. The molecule has 0 atom stereocenters. The van der Waals surface area contributed by atoms with E-state index >= 15 is 0 Å². The van der Waals surface area contributed by atoms with E-state index in [4.69, 9.17) is 12.2 Å². The minimum Gasteiger partial charge on any atom is -0.478 e. The molecule has 0 unspecified atom stereocenters. The quantitative estimate of drug-likeness (QED) is 0.612. The van der Waals surface area contributed by atoms with Crippen LogP contribution in [0.25, 0.3) is 6.08 Å². The van der Waals surface area contributed by atoms with Crippen LogP contribution in [0.3, 0.4) is 0 Å². The van der Waals surface area contributed by atoms with Crippen molar-refractivity contribution in [1.82, 2.24) is 0 Å². The van der Waals surface area contributed by atoms with Gasteiger partial charge in [0.2, 0.25) is 0 Å². The Morgan fingerprint density at radius 1 is 1.12 bits per heavy atom. The third-order valence-electron chi connectivity index (χ3n) is 3.72. The van der Waals surface area contributed by atoms with Gasteiger partial charge in [-0.2, -0.15) is 0 Å². The zero-order valence-electron chi connectivity index (χ0n) is 13.9. The zero-order chi connectivity index (χ0) is 18.7. The van der Waals surface area contributed by atoms with Gasteiger partial charge in [0.1, 0.15) is 0 Å². The molecule has 4 nitrogen and oxygen atoms in total. The number of aromatic carboxylic acids is 1. The Morgan fingerprint density at radius 2 is 1.77 bits per heavy atom. The van der Waals surface area contributed by atoms with Crippen LogP contribution in [0.1, 0.15) is 22.8 Å². The van der Waals surface area contributed by atoms with E-state index in [9.17, 15) is 14.7 Å². The number of benzene rings is 2. The van der Waals surface area contributed by atoms with Gasteiger partial charge < -0.3 is 5.11 Å². The van der Waals surface area contributed by atoms with E-state index in [2.05, 4.69) is 0 Å². The molecule has 0 saturated carbocycles. The second kappa shape index (κ2) is 7.68. The van der Waals surface area contributed by atoms with Gasteiger partial charge in [-0.15, -0.1) is 0 Å². The van der Waals surface area contributed by atoms with Crippen molar-refractivity contribution < 1.29 is 14.7 Å². The Morgan fingerprint density at radius 3 is 2.46 bits per heavy atom. The molecule has 0 bridgehead atoms. The lowest BCUT2D eigenvalue weighted by atomic mass is 10.1. The topological polar surface area (TPSA) is 57.6 Å². The average Bonchev–Trinajstić information content (AvgIpc) is 2.89. The van der Waals surface area contributed by atoms with Crippen molar-refractivity contribution in [3.8, 4) is 0 Å². The van der Waals surface area contributed by atoms with Gasteiger partial charge in [-0.25, -0.2) is 4.79 Å². The number of hydrogen-bond acceptors (Lipinski definition) is 4. The maximum absolute atomic E-state index is 12.8. The van der Waals surface area contributed by atoms with Crippen LogP contribution in [0, 0.1) is 0 Å². The van der Waals surface area contributed by atoms with Gasteiger partial charge in [0.05, 0.1) is 16.2 Å². The molecule has 26 heavy (non-hydrogen) atoms. The molecule has 1 N–H and O–H groups in total. The van der Waals surface area contributed by atoms with Gasteiger partial charge in [0.25, 0.3) is 5.91 Å². The van der Waals surface area contributed by atoms with Crippen LogP contribution >= 0.6 is 24.0 Å². The molecule has 3 rings (SSSR count). The Kier molecular flexibility index (Phi) is 5.35. The van der Waals surface area contributed by atoms with Crippen molar-refractivity contribution >= 4 is 51.9 Å². The highest BCUT2D eigenvalue weighted by molar-refractivity contribution is 8.27. The molecule has 0 radical (unpaired) electrons. The van der Waals surface area contributed by atoms with Crippen molar-refractivity contribution in [2.75, 3.05) is 4.90 Å². The molecule has 1 saturated heterocycles. The molecular formula is C20H15NO3S2. The molecule has 0 spiro atoms. The first-order valence-electron chi connectivity index (χ1n) is 7.81. The number of anilines is 1. The number of thiocarbonyl (C=S) groups is 1. The Balaban J connectivity index is 1.93. The van der Waals surface area contributed by atoms with Gasteiger partial charge in [0, 0.05) is 0 Å². The fourth-order valence-electron chi connectivity index (χ4n) is 2.59. The van der Waals surface area contributed by atoms with Crippen LogP contribution in [0.2, 0.25) is 0 Å². The molecular weight excluding hydrogens is 366 g/mol. The summed E-state index contributed by atoms with van der Waals surface area (Å²) in [6, 6.07) is 16.1. The first kappa shape index (κ1) is 18.1. The monoisotopic (exact) mass is 381 g/mol. The van der Waals surface area contributed by atoms with Crippen LogP contribution in [0.15, 0.2) is 71.2 Å². The number of carboxylic acid groups (broad SMARTS) is 1. The lowest BCUT2D eigenvalue weighted by Crippen LogP contribution is -2.29. The van der Waals surface area contributed by atoms with Gasteiger partial charge in [-0.05, 0) is 36.3 Å². The number of thioether (sulfide) groups is 1. The number of carboxylic acids is 1. The highest BCUT2D eigenvalue weighted by Crippen LogP contribution is 2.37. The van der Waals surface area contributed by atoms with Gasteiger partial charge in [0.15, 0.2) is 4.32 Å². The molecule has 130 valence electrons. The summed E-state index contributed by atoms with van der Waals surface area (Å²) in [4.78, 5) is 26.0. The standard InChI is InChI=1S/C20H15NO3S2/c1-13(11-14-7-3-2-4-8-14)12-17-18(22)21(20(25)26-17)16-10-6-5-9-15(16)19(23)24/h2-12H,1H3,(H,23,24)/b13-11-,17-12-. The van der Waals surface area contributed by atoms with Crippen LogP contribution in [-0.4, -0.2) is 21.3 Å². The van der Waals surface area contributed by atoms with E-state index in [0.29, 0.717) is 9.23 Å². The van der Waals surface area contributed by atoms with Gasteiger partial charge in [-0.3, -0.25) is 9.69 Å². The molecule has 6 heteroatoms. The summed E-state index contributed by atoms with van der Waals surface area (Å²) in [6.45, 7) is 1.91. The third-order valence-corrected chi connectivity index (χ3v) is 5.02. The van der Waals surface area contributed by atoms with E-state index in [1.807, 2.05) is 43.3 Å². The molecule has 2 aromatic carbocycles. The number of amides is 1. The normalized spacial score (nSPS) is 16.4. The molecule has 1 aliphatic rings. The van der Waals surface area contributed by atoms with E-state index in [1.54, 1.807) is 24.3 Å². The minimum absolute atomic E-state index is 0.0431. The Bertz CT molecular complexity index is 949. The average molecular weight is 381 g/mol. The second-order valence-electron chi connectivity index (χ2n) is 5.64. The summed E-state index contributed by atoms with van der Waals surface area (Å²) in [6.07, 6.45) is 3.74. The SMILES string of the molecule is CC(=C/c1ccccc1)/C=C1\SC(=S)N(c2ccccc2C(=O)O)C1=O. The van der Waals surface area contributed by atoms with E-state index in [1.165, 1.54) is 22.7 Å². The molecule has 1 amide bonds. The zero-order valence-corrected chi connectivity index (χ0v) is 15.5. The summed E-state index contributed by atoms with van der Waals surface area (Å²) < 4.78 is 0.322. The Labute approximate surface area is 160 Å². The van der Waals surface area contributed by atoms with E-state index in [0.717, 1.165) is 11.1 Å². The van der Waals surface area contributed by atoms with Crippen molar-refractivity contribution in [2.45, 2.75) is 6.92 Å². The number of carbonyl (C=O) groups excluding carboxylic acids is 1. The smallest absolute Gasteiger partial charge is 0.337 e. The second-order valence-corrected chi connectivity index (χ2v) is 7.31. The van der Waals surface area contributed by atoms with Gasteiger partial charge >= 0.3 is 5.97 Å². The van der Waals surface area contributed by atoms with Crippen LogP contribution in [0.4, 0.5) is 5.69 Å². The highest BCUT2D eigenvalue weighted by atomic mass is 32.2. The number of carbonyl (C=O) groups is 2. The molecule has 0 aromatic heterocycles. The lowest BCUT2D eigenvalue weighted by Gasteiger charge is -2.16. The summed E-state index contributed by atoms with van der Waals surface area (Å²) >= 11 is 6.49. The summed E-state index contributed by atoms with van der Waals surface area (Å²) in [5.41, 5.74) is 2.27. The molecule has 2 aromatic rings. The molecule has 1 fully saturated rings. The van der Waals surface area contributed by atoms with E-state index in [-0.39, 0.29) is 17.2 Å². The fraction of sp³-hybridized carbons (Fsp3) is 0.0500. The van der Waals surface area contributed by atoms with Crippen LogP contribution < -0.4 is 4.90 Å². The third kappa shape index (κ3) is 3.76. The van der Waals surface area contributed by atoms with Crippen molar-refractivity contribution in [3.05, 3.63) is 82.3 Å².